The summed E-state index contributed by atoms with van der Waals surface area (Å²) in [7, 11) is 0. The van der Waals surface area contributed by atoms with Crippen molar-refractivity contribution >= 4 is 81.9 Å². The van der Waals surface area contributed by atoms with Gasteiger partial charge < -0.3 is 89.5 Å². The molecule has 18 N–H and O–H groups in total. The molecule has 0 radical (unpaired) electrons. The topological polar surface area (TPSA) is 469 Å². The number of aromatic nitrogens is 3. The minimum atomic E-state index is -1.75. The van der Waals surface area contributed by atoms with Crippen LogP contribution in [0, 0.1) is 11.8 Å². The normalized spacial score (nSPS) is 16.7. The summed E-state index contributed by atoms with van der Waals surface area (Å²) in [6.07, 6.45) is 5.80. The van der Waals surface area contributed by atoms with Gasteiger partial charge in [-0.3, -0.25) is 57.7 Å². The third-order valence-corrected chi connectivity index (χ3v) is 14.9. The highest BCUT2D eigenvalue weighted by Crippen LogP contribution is 2.22. The van der Waals surface area contributed by atoms with Crippen molar-refractivity contribution in [3.05, 3.63) is 84.1 Å². The average molecular weight is 1270 g/mol. The van der Waals surface area contributed by atoms with Crippen molar-refractivity contribution in [1.29, 1.82) is 0 Å². The molecule has 91 heavy (non-hydrogen) atoms. The van der Waals surface area contributed by atoms with E-state index in [1.54, 1.807) is 45.2 Å². The number of fused-ring (bicyclic) bond motifs is 1. The number of likely N-dealkylation sites (N-methyl/N-ethyl adjacent to an activating group) is 1. The Bertz CT molecular complexity index is 3160. The van der Waals surface area contributed by atoms with E-state index in [2.05, 4.69) is 67.8 Å². The number of aliphatic imine (C=N–C) groups is 1. The zero-order valence-electron chi connectivity index (χ0n) is 52.1. The molecular weight excluding hydrogens is 1180 g/mol. The highest BCUT2D eigenvalue weighted by Gasteiger charge is 2.40. The molecule has 10 amide bonds. The smallest absolute Gasteiger partial charge is 0.300 e. The molecule has 0 bridgehead atoms. The van der Waals surface area contributed by atoms with E-state index in [-0.39, 0.29) is 106 Å². The number of aliphatic hydroxyl groups is 1. The van der Waals surface area contributed by atoms with Gasteiger partial charge in [0.15, 0.2) is 5.96 Å². The molecule has 0 saturated carbocycles. The molecule has 6 rings (SSSR count). The number of phenols is 1. The number of guanidine groups is 1. The molecule has 4 heterocycles. The van der Waals surface area contributed by atoms with Gasteiger partial charge in [-0.05, 0) is 93.0 Å². The van der Waals surface area contributed by atoms with Gasteiger partial charge in [-0.2, -0.15) is 0 Å². The molecule has 2 aliphatic rings. The molecule has 30 heteroatoms. The highest BCUT2D eigenvalue weighted by molar-refractivity contribution is 5.99. The Balaban J connectivity index is 0.00000365. The number of nitrogens with two attached hydrogens (primary N) is 2. The lowest BCUT2D eigenvalue weighted by molar-refractivity contribution is -0.142. The second-order valence-corrected chi connectivity index (χ2v) is 23.3. The van der Waals surface area contributed by atoms with Crippen molar-refractivity contribution in [2.45, 2.75) is 167 Å². The quantitative estimate of drug-likeness (QED) is 0.0153. The maximum atomic E-state index is 14.7. The van der Waals surface area contributed by atoms with Crippen molar-refractivity contribution in [2.24, 2.45) is 28.3 Å². The lowest BCUT2D eigenvalue weighted by Crippen LogP contribution is -2.61. The molecule has 2 unspecified atom stereocenters. The van der Waals surface area contributed by atoms with E-state index in [9.17, 15) is 58.2 Å². The molecule has 30 nitrogen and oxygen atoms in total. The van der Waals surface area contributed by atoms with Crippen LogP contribution < -0.4 is 59.3 Å². The summed E-state index contributed by atoms with van der Waals surface area (Å²) >= 11 is 0. The fraction of sp³-hybridized carbons (Fsp3) is 0.525. The Labute approximate surface area is 526 Å². The number of carbonyl (C=O) groups excluding carboxylic acids is 10. The zero-order chi connectivity index (χ0) is 66.9. The van der Waals surface area contributed by atoms with Gasteiger partial charge in [0.2, 0.25) is 59.1 Å². The van der Waals surface area contributed by atoms with Crippen molar-refractivity contribution in [3.63, 3.8) is 0 Å². The molecule has 0 spiro atoms. The van der Waals surface area contributed by atoms with Gasteiger partial charge in [-0.25, -0.2) is 4.98 Å². The molecular formula is C61H88N16O14. The van der Waals surface area contributed by atoms with E-state index >= 15 is 0 Å². The first-order valence-corrected chi connectivity index (χ1v) is 30.4. The van der Waals surface area contributed by atoms with Crippen molar-refractivity contribution in [2.75, 3.05) is 26.2 Å². The summed E-state index contributed by atoms with van der Waals surface area (Å²) in [5.41, 5.74) is 13.3. The van der Waals surface area contributed by atoms with Gasteiger partial charge in [-0.15, -0.1) is 0 Å². The summed E-state index contributed by atoms with van der Waals surface area (Å²) in [5, 5.41) is 53.3. The lowest BCUT2D eigenvalue weighted by atomic mass is 9.98. The molecule has 9 atom stereocenters. The number of benzene rings is 2. The third kappa shape index (κ3) is 23.1. The van der Waals surface area contributed by atoms with Crippen LogP contribution in [0.1, 0.15) is 110 Å². The lowest BCUT2D eigenvalue weighted by Gasteiger charge is -2.31. The fourth-order valence-corrected chi connectivity index (χ4v) is 10.5. The number of nitrogens with one attached hydrogen (secondary N) is 11. The van der Waals surface area contributed by atoms with Gasteiger partial charge in [-0.1, -0.05) is 58.0 Å². The molecule has 0 aliphatic carbocycles. The Kier molecular flexibility index (Phi) is 28.2. The first-order chi connectivity index (χ1) is 43.3. The number of phenolic OH excluding ortho intramolecular Hbond substituents is 1. The second-order valence-electron chi connectivity index (χ2n) is 23.3. The zero-order valence-corrected chi connectivity index (χ0v) is 52.1. The van der Waals surface area contributed by atoms with Crippen LogP contribution >= 0.6 is 0 Å². The molecule has 2 aliphatic heterocycles. The summed E-state index contributed by atoms with van der Waals surface area (Å²) in [6, 6.07) is 1.58. The monoisotopic (exact) mass is 1270 g/mol. The van der Waals surface area contributed by atoms with Gasteiger partial charge >= 0.3 is 0 Å². The number of imidazole rings is 1. The summed E-state index contributed by atoms with van der Waals surface area (Å²) in [4.78, 5) is 164. The number of likely N-dealkylation sites (tertiary alicyclic amines) is 1. The summed E-state index contributed by atoms with van der Waals surface area (Å²) in [6.45, 7) is 9.91. The van der Waals surface area contributed by atoms with Gasteiger partial charge in [0.25, 0.3) is 5.97 Å². The van der Waals surface area contributed by atoms with Crippen LogP contribution in [-0.4, -0.2) is 187 Å². The number of para-hydroxylation sites is 1. The van der Waals surface area contributed by atoms with Crippen LogP contribution in [0.25, 0.3) is 10.9 Å². The number of carboxylic acids is 1. The number of carbonyl (C=O) groups is 11. The summed E-state index contributed by atoms with van der Waals surface area (Å²) < 4.78 is 0. The van der Waals surface area contributed by atoms with Gasteiger partial charge in [0.05, 0.1) is 12.9 Å². The molecule has 2 aromatic heterocycles. The third-order valence-electron chi connectivity index (χ3n) is 14.9. The Morgan fingerprint density at radius 3 is 1.80 bits per heavy atom. The fourth-order valence-electron chi connectivity index (χ4n) is 10.5. The highest BCUT2D eigenvalue weighted by atomic mass is 16.4. The number of hydrogen-bond acceptors (Lipinski definition) is 15. The standard InChI is InChI=1S/C59H84N16O12.C2H4O2/c1-6-63-57(86)48-14-10-22-75(48)58(87)41(13-9-21-64-59(60)61)68-51(80)42(23-32(2)3)69-52(81)43(24-33(4)5)70-53(82)44(25-34-15-17-37(77)18-16-34)71-56(85)47(30-76)74-54(83)45(26-35-28-65-39-12-8-7-11-38(35)39)72-55(84)46(27-36-29-62-31-66-36)73-50(79)40-19-20-49(78)67-40;1-2(3)4/h7-8,11-12,15-18,28-29,31-33,40-48,65,76-77H,6,9-10,13-14,19-27,30H2,1-5H3,(H,62,66)(H,63,86)(H,67,78)(H,68,80)(H,69,81)(H,70,82)(H,71,85)(H,72,84)(H,73,79)(H,74,83)(H4,60,61,64);1H3,(H,3,4)/t40?,41?,42-,43+,44-,45+,46+,47+,48-;/m1./s1. The number of aliphatic carboxylic acids is 1. The van der Waals surface area contributed by atoms with Crippen LogP contribution in [0.2, 0.25) is 0 Å². The first-order valence-electron chi connectivity index (χ1n) is 30.4. The van der Waals surface area contributed by atoms with Crippen molar-refractivity contribution < 1.29 is 68.1 Å². The molecule has 2 saturated heterocycles. The number of amides is 10. The van der Waals surface area contributed by atoms with E-state index in [1.165, 1.54) is 41.7 Å². The van der Waals surface area contributed by atoms with E-state index in [1.807, 2.05) is 19.9 Å². The SMILES string of the molecule is CC(=O)O.CCNC(=O)[C@H]1CCCN1C(=O)C(CCCN=C(N)N)NC(=O)[C@@H](CC(C)C)NC(=O)[C@H](CC(C)C)NC(=O)[C@@H](Cc1ccc(O)cc1)NC(=O)[C@H](CO)NC(=O)[C@H](Cc1c[nH]c2ccccc12)NC(=O)[C@H](Cc1cnc[nH]1)NC(=O)C1CCC(=O)N1. The molecule has 4 aromatic rings. The number of hydrogen-bond donors (Lipinski definition) is 16. The minimum Gasteiger partial charge on any atom is -0.508 e. The first kappa shape index (κ1) is 72.1. The Morgan fingerprint density at radius 1 is 0.703 bits per heavy atom. The maximum absolute atomic E-state index is 14.7. The number of nitrogens with zero attached hydrogens (tertiary/aromatic N) is 3. The maximum Gasteiger partial charge on any atom is 0.300 e. The van der Waals surface area contributed by atoms with Crippen molar-refractivity contribution in [1.82, 2.24) is 67.7 Å². The van der Waals surface area contributed by atoms with Crippen molar-refractivity contribution in [3.8, 4) is 5.75 Å². The summed E-state index contributed by atoms with van der Waals surface area (Å²) in [5.74, 6) is -8.39. The second kappa shape index (κ2) is 35.5. The largest absolute Gasteiger partial charge is 0.508 e. The predicted molar refractivity (Wildman–Crippen MR) is 333 cm³/mol. The minimum absolute atomic E-state index is 0.0397. The van der Waals surface area contributed by atoms with Crippen LogP contribution in [0.15, 0.2) is 72.2 Å². The molecule has 2 aromatic carbocycles. The van der Waals surface area contributed by atoms with E-state index < -0.39 is 114 Å². The van der Waals surface area contributed by atoms with Crippen LogP contribution in [0.5, 0.6) is 5.75 Å². The molecule has 2 fully saturated rings. The van der Waals surface area contributed by atoms with Gasteiger partial charge in [0.1, 0.15) is 60.1 Å². The Morgan fingerprint density at radius 2 is 1.25 bits per heavy atom. The van der Waals surface area contributed by atoms with E-state index in [4.69, 9.17) is 21.4 Å². The van der Waals surface area contributed by atoms with Crippen LogP contribution in [-0.2, 0) is 72.0 Å². The van der Waals surface area contributed by atoms with Gasteiger partial charge in [0, 0.05) is 81.2 Å². The van der Waals surface area contributed by atoms with Crippen LogP contribution in [0.3, 0.4) is 0 Å². The number of aromatic amines is 2. The van der Waals surface area contributed by atoms with E-state index in [0.717, 1.165) is 12.4 Å². The number of aliphatic hydroxyl groups excluding tert-OH is 1. The number of rotatable bonds is 32. The number of H-pyrrole nitrogens is 2. The number of carboxylic acid groups (broad SMARTS) is 1. The van der Waals surface area contributed by atoms with Crippen LogP contribution in [0.4, 0.5) is 0 Å². The average Bonchev–Trinajstić information content (AvgIpc) is 2.04. The Hall–Kier alpha value is -9.61. The van der Waals surface area contributed by atoms with E-state index in [0.29, 0.717) is 41.6 Å². The molecule has 496 valence electrons. The predicted octanol–water partition coefficient (Wildman–Crippen LogP) is -1.35. The number of aromatic hydroxyl groups is 1.